The van der Waals surface area contributed by atoms with Crippen LogP contribution in [0.25, 0.3) is 11.4 Å². The highest BCUT2D eigenvalue weighted by Crippen LogP contribution is 2.27. The highest BCUT2D eigenvalue weighted by molar-refractivity contribution is 7.99. The number of aromatic nitrogens is 3. The number of para-hydroxylation sites is 1. The molecule has 1 heterocycles. The topological polar surface area (TPSA) is 60.2 Å². The highest BCUT2D eigenvalue weighted by atomic mass is 32.2. The predicted octanol–water partition coefficient (Wildman–Crippen LogP) is 4.62. The summed E-state index contributed by atoms with van der Waals surface area (Å²) in [5, 5.41) is 19.8. The van der Waals surface area contributed by atoms with Gasteiger partial charge in [-0.2, -0.15) is 0 Å². The Morgan fingerprint density at radius 1 is 1.04 bits per heavy atom. The van der Waals surface area contributed by atoms with Crippen LogP contribution in [0, 0.1) is 0 Å². The summed E-state index contributed by atoms with van der Waals surface area (Å²) in [5.74, 6) is 2.56. The van der Waals surface area contributed by atoms with Crippen LogP contribution in [-0.2, 0) is 6.54 Å². The van der Waals surface area contributed by atoms with Crippen molar-refractivity contribution < 1.29 is 9.84 Å². The summed E-state index contributed by atoms with van der Waals surface area (Å²) < 4.78 is 7.94. The number of thioether (sulfide) groups is 1. The standard InChI is InChI=1S/C22H27N3O2S/c1-4-25-21(17-10-6-5-7-11-17)23-24-22(25)28-15-18(26)14-27-20-13-9-8-12-19(20)16(2)3/h5-13,16,18,26H,4,14-15H2,1-3H3/t18-/m1/s1. The average Bonchev–Trinajstić information content (AvgIpc) is 3.14. The van der Waals surface area contributed by atoms with Crippen molar-refractivity contribution in [2.75, 3.05) is 12.4 Å². The number of ether oxygens (including phenoxy) is 1. The molecule has 0 amide bonds. The maximum atomic E-state index is 10.4. The molecule has 2 aromatic carbocycles. The van der Waals surface area contributed by atoms with E-state index in [2.05, 4.69) is 41.6 Å². The van der Waals surface area contributed by atoms with Gasteiger partial charge in [0.2, 0.25) is 0 Å². The van der Waals surface area contributed by atoms with Gasteiger partial charge in [0.05, 0.1) is 6.10 Å². The van der Waals surface area contributed by atoms with Crippen LogP contribution >= 0.6 is 11.8 Å². The largest absolute Gasteiger partial charge is 0.491 e. The molecular weight excluding hydrogens is 370 g/mol. The lowest BCUT2D eigenvalue weighted by molar-refractivity contribution is 0.125. The normalized spacial score (nSPS) is 12.3. The van der Waals surface area contributed by atoms with Crippen molar-refractivity contribution in [1.29, 1.82) is 0 Å². The van der Waals surface area contributed by atoms with Gasteiger partial charge in [0.1, 0.15) is 12.4 Å². The van der Waals surface area contributed by atoms with E-state index in [1.54, 1.807) is 0 Å². The maximum absolute atomic E-state index is 10.4. The fraction of sp³-hybridized carbons (Fsp3) is 0.364. The molecule has 3 aromatic rings. The Kier molecular flexibility index (Phi) is 7.12. The van der Waals surface area contributed by atoms with Gasteiger partial charge in [-0.15, -0.1) is 10.2 Å². The van der Waals surface area contributed by atoms with Gasteiger partial charge in [0.15, 0.2) is 11.0 Å². The second-order valence-electron chi connectivity index (χ2n) is 6.88. The molecule has 0 radical (unpaired) electrons. The van der Waals surface area contributed by atoms with Gasteiger partial charge in [-0.1, -0.05) is 74.1 Å². The lowest BCUT2D eigenvalue weighted by atomic mass is 10.0. The molecule has 0 aliphatic heterocycles. The first-order valence-electron chi connectivity index (χ1n) is 9.61. The van der Waals surface area contributed by atoms with E-state index in [0.29, 0.717) is 11.7 Å². The zero-order chi connectivity index (χ0) is 19.9. The first kappa shape index (κ1) is 20.4. The maximum Gasteiger partial charge on any atom is 0.191 e. The highest BCUT2D eigenvalue weighted by Gasteiger charge is 2.16. The van der Waals surface area contributed by atoms with Crippen molar-refractivity contribution in [2.45, 2.75) is 44.5 Å². The van der Waals surface area contributed by atoms with Gasteiger partial charge in [-0.3, -0.25) is 0 Å². The Morgan fingerprint density at radius 3 is 2.46 bits per heavy atom. The Bertz CT molecular complexity index is 880. The number of benzene rings is 2. The van der Waals surface area contributed by atoms with Crippen LogP contribution < -0.4 is 4.74 Å². The molecule has 0 saturated heterocycles. The minimum Gasteiger partial charge on any atom is -0.491 e. The third-order valence-corrected chi connectivity index (χ3v) is 5.55. The molecule has 0 unspecified atom stereocenters. The fourth-order valence-corrected chi connectivity index (χ4v) is 3.88. The first-order valence-corrected chi connectivity index (χ1v) is 10.6. The molecule has 5 nitrogen and oxygen atoms in total. The van der Waals surface area contributed by atoms with Gasteiger partial charge >= 0.3 is 0 Å². The SMILES string of the molecule is CCn1c(SC[C@H](O)COc2ccccc2C(C)C)nnc1-c1ccccc1. The zero-order valence-corrected chi connectivity index (χ0v) is 17.4. The Labute approximate surface area is 170 Å². The molecule has 3 rings (SSSR count). The van der Waals surface area contributed by atoms with Crippen molar-refractivity contribution in [3.8, 4) is 17.1 Å². The molecule has 0 spiro atoms. The first-order chi connectivity index (χ1) is 13.6. The van der Waals surface area contributed by atoms with Crippen LogP contribution in [0.3, 0.4) is 0 Å². The molecule has 0 bridgehead atoms. The molecule has 148 valence electrons. The number of hydrogen-bond acceptors (Lipinski definition) is 5. The summed E-state index contributed by atoms with van der Waals surface area (Å²) >= 11 is 1.50. The van der Waals surface area contributed by atoms with Gasteiger partial charge in [0, 0.05) is 17.9 Å². The summed E-state index contributed by atoms with van der Waals surface area (Å²) in [6.07, 6.45) is -0.590. The minimum atomic E-state index is -0.590. The van der Waals surface area contributed by atoms with E-state index in [4.69, 9.17) is 4.74 Å². The van der Waals surface area contributed by atoms with Crippen molar-refractivity contribution in [1.82, 2.24) is 14.8 Å². The van der Waals surface area contributed by atoms with Crippen molar-refractivity contribution in [2.24, 2.45) is 0 Å². The van der Waals surface area contributed by atoms with Crippen LogP contribution in [0.15, 0.2) is 59.8 Å². The summed E-state index contributed by atoms with van der Waals surface area (Å²) in [6.45, 7) is 7.37. The van der Waals surface area contributed by atoms with Crippen molar-refractivity contribution in [3.63, 3.8) is 0 Å². The van der Waals surface area contributed by atoms with Crippen molar-refractivity contribution >= 4 is 11.8 Å². The predicted molar refractivity (Wildman–Crippen MR) is 114 cm³/mol. The number of rotatable bonds is 9. The van der Waals surface area contributed by atoms with E-state index in [1.807, 2.05) is 48.5 Å². The molecule has 0 aliphatic rings. The number of nitrogens with zero attached hydrogens (tertiary/aromatic N) is 3. The summed E-state index contributed by atoms with van der Waals surface area (Å²) in [6, 6.07) is 18.0. The molecule has 0 fully saturated rings. The van der Waals surface area contributed by atoms with E-state index >= 15 is 0 Å². The van der Waals surface area contributed by atoms with Crippen LogP contribution in [0.5, 0.6) is 5.75 Å². The fourth-order valence-electron chi connectivity index (χ4n) is 2.98. The van der Waals surface area contributed by atoms with Crippen LogP contribution in [0.1, 0.15) is 32.3 Å². The number of hydrogen-bond donors (Lipinski definition) is 1. The van der Waals surface area contributed by atoms with Gasteiger partial charge in [-0.25, -0.2) is 0 Å². The molecule has 28 heavy (non-hydrogen) atoms. The average molecular weight is 398 g/mol. The minimum absolute atomic E-state index is 0.253. The Morgan fingerprint density at radius 2 is 1.75 bits per heavy atom. The van der Waals surface area contributed by atoms with E-state index in [-0.39, 0.29) is 6.61 Å². The molecule has 6 heteroatoms. The Balaban J connectivity index is 1.60. The molecular formula is C22H27N3O2S. The molecule has 0 aliphatic carbocycles. The lowest BCUT2D eigenvalue weighted by Crippen LogP contribution is -2.21. The van der Waals surface area contributed by atoms with Crippen LogP contribution in [0.4, 0.5) is 0 Å². The molecule has 0 saturated carbocycles. The van der Waals surface area contributed by atoms with Gasteiger partial charge in [-0.05, 0) is 24.5 Å². The second kappa shape index (κ2) is 9.75. The smallest absolute Gasteiger partial charge is 0.191 e. The van der Waals surface area contributed by atoms with E-state index < -0.39 is 6.10 Å². The van der Waals surface area contributed by atoms with Gasteiger partial charge in [0.25, 0.3) is 0 Å². The second-order valence-corrected chi connectivity index (χ2v) is 7.87. The lowest BCUT2D eigenvalue weighted by Gasteiger charge is -2.16. The Hall–Kier alpha value is -2.31. The quantitative estimate of drug-likeness (QED) is 0.534. The summed E-state index contributed by atoms with van der Waals surface area (Å²) in [7, 11) is 0. The number of aliphatic hydroxyl groups excluding tert-OH is 1. The molecule has 1 atom stereocenters. The van der Waals surface area contributed by atoms with Gasteiger partial charge < -0.3 is 14.4 Å². The van der Waals surface area contributed by atoms with Crippen molar-refractivity contribution in [3.05, 3.63) is 60.2 Å². The zero-order valence-electron chi connectivity index (χ0n) is 16.6. The monoisotopic (exact) mass is 397 g/mol. The molecule has 1 N–H and O–H groups in total. The summed E-state index contributed by atoms with van der Waals surface area (Å²) in [5.41, 5.74) is 2.19. The van der Waals surface area contributed by atoms with Crippen LogP contribution in [-0.4, -0.2) is 38.3 Å². The molecule has 1 aromatic heterocycles. The van der Waals surface area contributed by atoms with E-state index in [1.165, 1.54) is 11.8 Å². The van der Waals surface area contributed by atoms with Crippen LogP contribution in [0.2, 0.25) is 0 Å². The van der Waals surface area contributed by atoms with E-state index in [9.17, 15) is 5.11 Å². The summed E-state index contributed by atoms with van der Waals surface area (Å²) in [4.78, 5) is 0. The third-order valence-electron chi connectivity index (χ3n) is 4.44. The van der Waals surface area contributed by atoms with E-state index in [0.717, 1.165) is 34.4 Å². The third kappa shape index (κ3) is 4.94. The number of aliphatic hydroxyl groups is 1.